The Balaban J connectivity index is 3.46. The third-order valence-electron chi connectivity index (χ3n) is 1.23. The first-order chi connectivity index (χ1) is 5.56. The Hall–Kier alpha value is -0.220. The van der Waals surface area contributed by atoms with Gasteiger partial charge in [-0.05, 0) is 12.2 Å². The van der Waals surface area contributed by atoms with Crippen molar-refractivity contribution in [3.8, 4) is 0 Å². The molecule has 0 radical (unpaired) electrons. The molecule has 0 saturated heterocycles. The van der Waals surface area contributed by atoms with Crippen LogP contribution in [0.1, 0.15) is 20.8 Å². The Morgan fingerprint density at radius 2 is 2.08 bits per heavy atom. The van der Waals surface area contributed by atoms with Crippen molar-refractivity contribution in [3.63, 3.8) is 0 Å². The summed E-state index contributed by atoms with van der Waals surface area (Å²) in [5.41, 5.74) is 0. The molecule has 0 aromatic carbocycles. The monoisotopic (exact) mass is 191 g/mol. The Morgan fingerprint density at radius 3 is 2.50 bits per heavy atom. The highest BCUT2D eigenvalue weighted by Gasteiger charge is 2.06. The van der Waals surface area contributed by atoms with Crippen molar-refractivity contribution < 1.29 is 9.90 Å². The van der Waals surface area contributed by atoms with E-state index in [1.807, 2.05) is 13.8 Å². The SMILES string of the molecule is CC(CO)NC(=O)CSC(C)C. The minimum Gasteiger partial charge on any atom is -0.394 e. The molecule has 1 amide bonds. The molecule has 2 N–H and O–H groups in total. The van der Waals surface area contributed by atoms with E-state index in [0.29, 0.717) is 11.0 Å². The number of rotatable bonds is 5. The van der Waals surface area contributed by atoms with Gasteiger partial charge in [0.25, 0.3) is 0 Å². The first kappa shape index (κ1) is 11.8. The molecular weight excluding hydrogens is 174 g/mol. The van der Waals surface area contributed by atoms with Crippen LogP contribution in [0.15, 0.2) is 0 Å². The first-order valence-electron chi connectivity index (χ1n) is 4.08. The summed E-state index contributed by atoms with van der Waals surface area (Å²) in [6, 6.07) is -0.134. The maximum absolute atomic E-state index is 11.1. The van der Waals surface area contributed by atoms with Crippen molar-refractivity contribution in [3.05, 3.63) is 0 Å². The highest BCUT2D eigenvalue weighted by atomic mass is 32.2. The van der Waals surface area contributed by atoms with Crippen LogP contribution in [0.3, 0.4) is 0 Å². The van der Waals surface area contributed by atoms with Crippen LogP contribution in [0.4, 0.5) is 0 Å². The number of amides is 1. The van der Waals surface area contributed by atoms with Crippen LogP contribution in [0.2, 0.25) is 0 Å². The lowest BCUT2D eigenvalue weighted by Crippen LogP contribution is -2.36. The third kappa shape index (κ3) is 6.49. The molecule has 0 aromatic rings. The summed E-state index contributed by atoms with van der Waals surface area (Å²) in [7, 11) is 0. The summed E-state index contributed by atoms with van der Waals surface area (Å²) in [4.78, 5) is 11.1. The molecule has 0 aliphatic rings. The molecule has 0 heterocycles. The average molecular weight is 191 g/mol. The van der Waals surface area contributed by atoms with E-state index < -0.39 is 0 Å². The van der Waals surface area contributed by atoms with Crippen molar-refractivity contribution >= 4 is 17.7 Å². The Labute approximate surface area is 77.9 Å². The van der Waals surface area contributed by atoms with Crippen molar-refractivity contribution in [1.82, 2.24) is 5.32 Å². The van der Waals surface area contributed by atoms with Gasteiger partial charge in [0.2, 0.25) is 5.91 Å². The van der Waals surface area contributed by atoms with Crippen LogP contribution in [-0.4, -0.2) is 34.7 Å². The van der Waals surface area contributed by atoms with E-state index in [1.54, 1.807) is 18.7 Å². The van der Waals surface area contributed by atoms with Crippen molar-refractivity contribution in [2.45, 2.75) is 32.1 Å². The molecule has 0 fully saturated rings. The lowest BCUT2D eigenvalue weighted by atomic mass is 10.4. The fraction of sp³-hybridized carbons (Fsp3) is 0.875. The second-order valence-electron chi connectivity index (χ2n) is 3.01. The zero-order chi connectivity index (χ0) is 9.56. The molecule has 0 saturated carbocycles. The molecule has 12 heavy (non-hydrogen) atoms. The molecule has 0 aliphatic carbocycles. The smallest absolute Gasteiger partial charge is 0.230 e. The largest absolute Gasteiger partial charge is 0.394 e. The summed E-state index contributed by atoms with van der Waals surface area (Å²) >= 11 is 1.60. The first-order valence-corrected chi connectivity index (χ1v) is 5.13. The fourth-order valence-electron chi connectivity index (χ4n) is 0.604. The third-order valence-corrected chi connectivity index (χ3v) is 2.32. The highest BCUT2D eigenvalue weighted by Crippen LogP contribution is 2.07. The van der Waals surface area contributed by atoms with Gasteiger partial charge in [-0.1, -0.05) is 13.8 Å². The zero-order valence-corrected chi connectivity index (χ0v) is 8.65. The molecule has 1 unspecified atom stereocenters. The van der Waals surface area contributed by atoms with Crippen LogP contribution >= 0.6 is 11.8 Å². The summed E-state index contributed by atoms with van der Waals surface area (Å²) < 4.78 is 0. The Kier molecular flexibility index (Phi) is 6.20. The van der Waals surface area contributed by atoms with Gasteiger partial charge >= 0.3 is 0 Å². The maximum Gasteiger partial charge on any atom is 0.230 e. The van der Waals surface area contributed by atoms with Gasteiger partial charge in [-0.2, -0.15) is 0 Å². The Morgan fingerprint density at radius 1 is 1.50 bits per heavy atom. The zero-order valence-electron chi connectivity index (χ0n) is 7.83. The van der Waals surface area contributed by atoms with Gasteiger partial charge in [0.05, 0.1) is 12.4 Å². The minimum atomic E-state index is -0.134. The molecule has 0 aliphatic heterocycles. The lowest BCUT2D eigenvalue weighted by molar-refractivity contribution is -0.119. The highest BCUT2D eigenvalue weighted by molar-refractivity contribution is 8.00. The van der Waals surface area contributed by atoms with E-state index in [0.717, 1.165) is 0 Å². The van der Waals surface area contributed by atoms with Gasteiger partial charge in [0.1, 0.15) is 0 Å². The molecular formula is C8H17NO2S. The van der Waals surface area contributed by atoms with Crippen LogP contribution in [-0.2, 0) is 4.79 Å². The topological polar surface area (TPSA) is 49.3 Å². The predicted molar refractivity (Wildman–Crippen MR) is 52.3 cm³/mol. The fourth-order valence-corrected chi connectivity index (χ4v) is 1.17. The molecule has 0 rings (SSSR count). The molecule has 72 valence electrons. The summed E-state index contributed by atoms with van der Waals surface area (Å²) in [6.45, 7) is 5.87. The van der Waals surface area contributed by atoms with Gasteiger partial charge in [-0.3, -0.25) is 4.79 Å². The maximum atomic E-state index is 11.1. The van der Waals surface area contributed by atoms with E-state index in [-0.39, 0.29) is 18.6 Å². The van der Waals surface area contributed by atoms with Crippen molar-refractivity contribution in [2.75, 3.05) is 12.4 Å². The Bertz CT molecular complexity index is 139. The van der Waals surface area contributed by atoms with E-state index in [2.05, 4.69) is 5.32 Å². The molecule has 1 atom stereocenters. The van der Waals surface area contributed by atoms with Crippen molar-refractivity contribution in [1.29, 1.82) is 0 Å². The number of carbonyl (C=O) groups is 1. The number of nitrogens with one attached hydrogen (secondary N) is 1. The van der Waals surface area contributed by atoms with Crippen LogP contribution in [0, 0.1) is 0 Å². The molecule has 3 nitrogen and oxygen atoms in total. The predicted octanol–water partition coefficient (Wildman–Crippen LogP) is 0.625. The average Bonchev–Trinajstić information content (AvgIpc) is 2.00. The normalized spacial score (nSPS) is 13.1. The molecule has 0 spiro atoms. The summed E-state index contributed by atoms with van der Waals surface area (Å²) in [5, 5.41) is 11.8. The molecule has 0 aromatic heterocycles. The second kappa shape index (κ2) is 6.31. The molecule has 0 bridgehead atoms. The standard InChI is InChI=1S/C8H17NO2S/c1-6(2)12-5-8(11)9-7(3)4-10/h6-7,10H,4-5H2,1-3H3,(H,9,11). The van der Waals surface area contributed by atoms with Crippen molar-refractivity contribution in [2.24, 2.45) is 0 Å². The number of hydrogen-bond acceptors (Lipinski definition) is 3. The minimum absolute atomic E-state index is 0.00190. The van der Waals surface area contributed by atoms with Crippen LogP contribution in [0.25, 0.3) is 0 Å². The number of hydrogen-bond donors (Lipinski definition) is 2. The van der Waals surface area contributed by atoms with Gasteiger partial charge in [0, 0.05) is 6.04 Å². The number of aliphatic hydroxyl groups is 1. The lowest BCUT2D eigenvalue weighted by Gasteiger charge is -2.10. The number of carbonyl (C=O) groups excluding carboxylic acids is 1. The number of aliphatic hydroxyl groups excluding tert-OH is 1. The van der Waals surface area contributed by atoms with E-state index >= 15 is 0 Å². The van der Waals surface area contributed by atoms with Gasteiger partial charge < -0.3 is 10.4 Å². The van der Waals surface area contributed by atoms with Crippen LogP contribution in [0.5, 0.6) is 0 Å². The van der Waals surface area contributed by atoms with Gasteiger partial charge in [0.15, 0.2) is 0 Å². The second-order valence-corrected chi connectivity index (χ2v) is 4.58. The van der Waals surface area contributed by atoms with E-state index in [9.17, 15) is 4.79 Å². The van der Waals surface area contributed by atoms with Crippen LogP contribution < -0.4 is 5.32 Å². The summed E-state index contributed by atoms with van der Waals surface area (Å²) in [5.74, 6) is 0.470. The quantitative estimate of drug-likeness (QED) is 0.670. The number of thioether (sulfide) groups is 1. The van der Waals surface area contributed by atoms with E-state index in [4.69, 9.17) is 5.11 Å². The summed E-state index contributed by atoms with van der Waals surface area (Å²) in [6.07, 6.45) is 0. The molecule has 4 heteroatoms. The van der Waals surface area contributed by atoms with E-state index in [1.165, 1.54) is 0 Å². The van der Waals surface area contributed by atoms with Gasteiger partial charge in [-0.15, -0.1) is 11.8 Å². The van der Waals surface area contributed by atoms with Gasteiger partial charge in [-0.25, -0.2) is 0 Å².